The molecule has 4 rings (SSSR count). The summed E-state index contributed by atoms with van der Waals surface area (Å²) in [6.45, 7) is 4.80. The molecule has 0 saturated carbocycles. The van der Waals surface area contributed by atoms with Gasteiger partial charge in [-0.25, -0.2) is 0 Å². The molecule has 0 bridgehead atoms. The van der Waals surface area contributed by atoms with Crippen molar-refractivity contribution in [1.82, 2.24) is 20.3 Å². The lowest BCUT2D eigenvalue weighted by atomic mass is 10.2. The van der Waals surface area contributed by atoms with Crippen molar-refractivity contribution in [2.45, 2.75) is 12.8 Å². The summed E-state index contributed by atoms with van der Waals surface area (Å²) in [5.41, 5.74) is 1.03. The molecular weight excluding hydrogens is 491 g/mol. The van der Waals surface area contributed by atoms with Crippen LogP contribution < -0.4 is 19.5 Å². The van der Waals surface area contributed by atoms with Crippen molar-refractivity contribution in [3.8, 4) is 17.2 Å². The van der Waals surface area contributed by atoms with E-state index in [9.17, 15) is 13.2 Å². The topological polar surface area (TPSA) is 90.9 Å². The van der Waals surface area contributed by atoms with E-state index in [0.29, 0.717) is 40.5 Å². The molecule has 1 aliphatic heterocycles. The van der Waals surface area contributed by atoms with Crippen LogP contribution in [0, 0.1) is 0 Å². The summed E-state index contributed by atoms with van der Waals surface area (Å²) in [7, 11) is 1.54. The van der Waals surface area contributed by atoms with E-state index in [1.807, 2.05) is 0 Å². The third-order valence-corrected chi connectivity index (χ3v) is 5.16. The molecule has 13 heteroatoms. The second-order valence-electron chi connectivity index (χ2n) is 7.51. The molecule has 0 aliphatic carbocycles. The molecule has 0 atom stereocenters. The van der Waals surface area contributed by atoms with Crippen LogP contribution in [0.1, 0.15) is 6.42 Å². The Hall–Kier alpha value is -3.09. The van der Waals surface area contributed by atoms with Crippen molar-refractivity contribution in [2.75, 3.05) is 51.9 Å². The Morgan fingerprint density at radius 2 is 1.80 bits per heavy atom. The minimum Gasteiger partial charge on any atom is -0.493 e. The van der Waals surface area contributed by atoms with Gasteiger partial charge < -0.3 is 24.3 Å². The maximum absolute atomic E-state index is 12.4. The molecule has 2 aromatic carbocycles. The number of hydrogen-bond donors (Lipinski definition) is 1. The fourth-order valence-electron chi connectivity index (χ4n) is 3.53. The lowest BCUT2D eigenvalue weighted by Crippen LogP contribution is -2.37. The second-order valence-corrected chi connectivity index (χ2v) is 7.51. The van der Waals surface area contributed by atoms with Crippen molar-refractivity contribution < 1.29 is 32.1 Å². The SMILES string of the molecule is COc1cc2c(Nc3ccc(OC(F)(F)F)cc3)nnnc2cc1OCCCN1CCOCC1.Cl. The van der Waals surface area contributed by atoms with Crippen molar-refractivity contribution in [1.29, 1.82) is 0 Å². The summed E-state index contributed by atoms with van der Waals surface area (Å²) in [5.74, 6) is 1.09. The van der Waals surface area contributed by atoms with Crippen molar-refractivity contribution in [3.63, 3.8) is 0 Å². The summed E-state index contributed by atoms with van der Waals surface area (Å²) in [6, 6.07) is 8.75. The fourth-order valence-corrected chi connectivity index (χ4v) is 3.53. The smallest absolute Gasteiger partial charge is 0.493 e. The van der Waals surface area contributed by atoms with E-state index in [1.165, 1.54) is 31.4 Å². The van der Waals surface area contributed by atoms with Gasteiger partial charge in [-0.15, -0.1) is 35.8 Å². The van der Waals surface area contributed by atoms with Gasteiger partial charge in [-0.3, -0.25) is 4.90 Å². The molecule has 9 nitrogen and oxygen atoms in total. The van der Waals surface area contributed by atoms with Gasteiger partial charge in [0.2, 0.25) is 0 Å². The van der Waals surface area contributed by atoms with Crippen LogP contribution in [0.25, 0.3) is 10.9 Å². The Labute approximate surface area is 205 Å². The number of hydrogen-bond acceptors (Lipinski definition) is 9. The molecule has 1 saturated heterocycles. The fraction of sp³-hybridized carbons (Fsp3) is 0.409. The number of anilines is 2. The molecule has 0 unspecified atom stereocenters. The van der Waals surface area contributed by atoms with Crippen LogP contribution in [0.4, 0.5) is 24.7 Å². The molecule has 1 aliphatic rings. The lowest BCUT2D eigenvalue weighted by molar-refractivity contribution is -0.274. The van der Waals surface area contributed by atoms with Gasteiger partial charge in [0.25, 0.3) is 0 Å². The Morgan fingerprint density at radius 1 is 1.06 bits per heavy atom. The van der Waals surface area contributed by atoms with Crippen LogP contribution in [-0.4, -0.2) is 73.2 Å². The van der Waals surface area contributed by atoms with E-state index in [4.69, 9.17) is 14.2 Å². The molecule has 35 heavy (non-hydrogen) atoms. The molecule has 3 aromatic rings. The molecule has 1 aromatic heterocycles. The number of benzene rings is 2. The van der Waals surface area contributed by atoms with Crippen LogP contribution >= 0.6 is 12.4 Å². The van der Waals surface area contributed by atoms with Gasteiger partial charge >= 0.3 is 6.36 Å². The minimum absolute atomic E-state index is 0. The van der Waals surface area contributed by atoms with E-state index >= 15 is 0 Å². The highest BCUT2D eigenvalue weighted by Gasteiger charge is 2.31. The molecule has 0 radical (unpaired) electrons. The number of nitrogens with one attached hydrogen (secondary N) is 1. The summed E-state index contributed by atoms with van der Waals surface area (Å²) >= 11 is 0. The molecule has 1 fully saturated rings. The Kier molecular flexibility index (Phi) is 9.13. The highest BCUT2D eigenvalue weighted by molar-refractivity contribution is 5.92. The van der Waals surface area contributed by atoms with E-state index in [-0.39, 0.29) is 18.2 Å². The number of fused-ring (bicyclic) bond motifs is 1. The van der Waals surface area contributed by atoms with Crippen molar-refractivity contribution in [3.05, 3.63) is 36.4 Å². The van der Waals surface area contributed by atoms with E-state index in [2.05, 4.69) is 30.4 Å². The summed E-state index contributed by atoms with van der Waals surface area (Å²) in [5, 5.41) is 15.5. The average Bonchev–Trinajstić information content (AvgIpc) is 2.82. The van der Waals surface area contributed by atoms with Gasteiger partial charge in [-0.2, -0.15) is 0 Å². The molecule has 2 heterocycles. The monoisotopic (exact) mass is 515 g/mol. The number of alkyl halides is 3. The largest absolute Gasteiger partial charge is 0.573 e. The van der Waals surface area contributed by atoms with Gasteiger partial charge in [-0.1, -0.05) is 0 Å². The third kappa shape index (κ3) is 7.44. The zero-order valence-electron chi connectivity index (χ0n) is 18.9. The van der Waals surface area contributed by atoms with Gasteiger partial charge in [-0.05, 0) is 42.0 Å². The Bertz CT molecular complexity index is 1100. The van der Waals surface area contributed by atoms with Crippen LogP contribution in [0.3, 0.4) is 0 Å². The summed E-state index contributed by atoms with van der Waals surface area (Å²) < 4.78 is 57.8. The van der Waals surface area contributed by atoms with Crippen LogP contribution in [-0.2, 0) is 4.74 Å². The first kappa shape index (κ1) is 26.5. The molecule has 190 valence electrons. The number of rotatable bonds is 9. The second kappa shape index (κ2) is 12.0. The maximum Gasteiger partial charge on any atom is 0.573 e. The number of ether oxygens (including phenoxy) is 4. The molecular formula is C22H25ClF3N5O4. The molecule has 1 N–H and O–H groups in total. The van der Waals surface area contributed by atoms with E-state index in [0.717, 1.165) is 39.3 Å². The third-order valence-electron chi connectivity index (χ3n) is 5.16. The predicted octanol–water partition coefficient (Wildman–Crippen LogP) is 4.20. The highest BCUT2D eigenvalue weighted by Crippen LogP contribution is 2.35. The molecule has 0 spiro atoms. The van der Waals surface area contributed by atoms with Crippen molar-refractivity contribution in [2.24, 2.45) is 0 Å². The number of halogens is 4. The zero-order chi connectivity index (χ0) is 24.0. The van der Waals surface area contributed by atoms with E-state index < -0.39 is 6.36 Å². The highest BCUT2D eigenvalue weighted by atomic mass is 35.5. The van der Waals surface area contributed by atoms with Gasteiger partial charge in [0.05, 0.1) is 32.3 Å². The quantitative estimate of drug-likeness (QED) is 0.421. The predicted molar refractivity (Wildman–Crippen MR) is 125 cm³/mol. The zero-order valence-corrected chi connectivity index (χ0v) is 19.7. The van der Waals surface area contributed by atoms with Crippen LogP contribution in [0.5, 0.6) is 17.2 Å². The standard InChI is InChI=1S/C22H24F3N5O4.ClH/c1-31-19-13-17-18(14-20(19)33-10-2-7-30-8-11-32-12-9-30)27-29-28-21(17)26-15-3-5-16(6-4-15)34-22(23,24)25;/h3-6,13-14H,2,7-12H2,1H3,(H,26,27,28);1H. The van der Waals surface area contributed by atoms with Crippen molar-refractivity contribution >= 4 is 34.8 Å². The maximum atomic E-state index is 12.4. The first-order chi connectivity index (χ1) is 16.4. The van der Waals surface area contributed by atoms with Gasteiger partial charge in [0.15, 0.2) is 17.3 Å². The van der Waals surface area contributed by atoms with E-state index in [1.54, 1.807) is 12.1 Å². The number of aromatic nitrogens is 3. The number of methoxy groups -OCH3 is 1. The number of nitrogens with zero attached hydrogens (tertiary/aromatic N) is 4. The first-order valence-corrected chi connectivity index (χ1v) is 10.7. The first-order valence-electron chi connectivity index (χ1n) is 10.7. The summed E-state index contributed by atoms with van der Waals surface area (Å²) in [4.78, 5) is 2.33. The lowest BCUT2D eigenvalue weighted by Gasteiger charge is -2.26. The molecule has 0 amide bonds. The number of morpholine rings is 1. The van der Waals surface area contributed by atoms with Crippen LogP contribution in [0.15, 0.2) is 36.4 Å². The van der Waals surface area contributed by atoms with Crippen LogP contribution in [0.2, 0.25) is 0 Å². The van der Waals surface area contributed by atoms with Gasteiger partial charge in [0, 0.05) is 31.4 Å². The Morgan fingerprint density at radius 3 is 2.49 bits per heavy atom. The summed E-state index contributed by atoms with van der Waals surface area (Å²) in [6.07, 6.45) is -3.90. The van der Waals surface area contributed by atoms with Gasteiger partial charge in [0.1, 0.15) is 11.3 Å². The average molecular weight is 516 g/mol. The Balaban J connectivity index is 0.00000342. The normalized spacial score (nSPS) is 14.3. The minimum atomic E-state index is -4.75.